The zero-order chi connectivity index (χ0) is 21.9. The molecule has 0 aromatic carbocycles. The summed E-state index contributed by atoms with van der Waals surface area (Å²) in [7, 11) is 0. The Morgan fingerprint density at radius 3 is 1.07 bits per heavy atom. The quantitative estimate of drug-likeness (QED) is 0.550. The third kappa shape index (κ3) is 3.25. The number of aromatic nitrogens is 1. The predicted molar refractivity (Wildman–Crippen MR) is 113 cm³/mol. The Hall–Kier alpha value is -1.34. The van der Waals surface area contributed by atoms with Crippen molar-refractivity contribution in [1.82, 2.24) is 4.98 Å². The van der Waals surface area contributed by atoms with Crippen LogP contribution in [0.3, 0.4) is 0 Å². The lowest BCUT2D eigenvalue weighted by atomic mass is 9.95. The summed E-state index contributed by atoms with van der Waals surface area (Å²) in [4.78, 5) is 52.5. The summed E-state index contributed by atoms with van der Waals surface area (Å²) in [6.45, 7) is 3.23. The molecular weight excluding hydrogens is 507 g/mol. The molecule has 5 nitrogen and oxygen atoms in total. The van der Waals surface area contributed by atoms with Gasteiger partial charge in [0.05, 0.1) is 22.5 Å². The molecule has 0 radical (unpaired) electrons. The van der Waals surface area contributed by atoms with E-state index in [1.165, 1.54) is 0 Å². The first kappa shape index (κ1) is 22.3. The highest BCUT2D eigenvalue weighted by atomic mass is 35.5. The number of rotatable bonds is 2. The number of halogens is 6. The van der Waals surface area contributed by atoms with Gasteiger partial charge in [-0.05, 0) is 25.0 Å². The van der Waals surface area contributed by atoms with Crippen LogP contribution in [-0.4, -0.2) is 28.1 Å². The number of nitrogens with one attached hydrogen (secondary N) is 1. The Balaban J connectivity index is 2.26. The third-order valence-electron chi connectivity index (χ3n) is 4.54. The number of H-pyrrole nitrogens is 1. The van der Waals surface area contributed by atoms with E-state index in [0.29, 0.717) is 11.1 Å². The van der Waals surface area contributed by atoms with Gasteiger partial charge in [-0.1, -0.05) is 69.6 Å². The summed E-state index contributed by atoms with van der Waals surface area (Å²) in [6.07, 6.45) is 0. The minimum absolute atomic E-state index is 0.122. The van der Waals surface area contributed by atoms with Gasteiger partial charge < -0.3 is 4.98 Å². The number of carbonyl (C=O) groups is 4. The fourth-order valence-corrected chi connectivity index (χ4v) is 4.24. The number of ketones is 4. The molecule has 0 fully saturated rings. The maximum absolute atomic E-state index is 12.6. The van der Waals surface area contributed by atoms with E-state index in [2.05, 4.69) is 4.98 Å². The van der Waals surface area contributed by atoms with Gasteiger partial charge in [-0.15, -0.1) is 0 Å². The van der Waals surface area contributed by atoms with Gasteiger partial charge in [0.25, 0.3) is 0 Å². The van der Waals surface area contributed by atoms with Crippen LogP contribution in [-0.2, 0) is 19.2 Å². The standard InChI is InChI=1S/C18H7Cl6NO4/c1-3-4(2)14(6-8(20)18(29)12(24)10(22)16(6)27)25-13(3)5-7(19)17(28)11(23)9(21)15(5)26/h25H,1-2H3. The van der Waals surface area contributed by atoms with Crippen LogP contribution >= 0.6 is 69.6 Å². The SMILES string of the molecule is Cc1c(C2=C(Cl)C(=O)C(Cl)=C(Cl)C2=O)[nH]c(C2=C(Cl)C(=O)C(Cl)=C(Cl)C2=O)c1C. The Morgan fingerprint density at radius 2 is 0.759 bits per heavy atom. The van der Waals surface area contributed by atoms with Crippen molar-refractivity contribution in [3.8, 4) is 0 Å². The molecule has 0 saturated heterocycles. The minimum atomic E-state index is -0.819. The molecule has 29 heavy (non-hydrogen) atoms. The van der Waals surface area contributed by atoms with Gasteiger partial charge in [0.1, 0.15) is 30.2 Å². The smallest absolute Gasteiger partial charge is 0.218 e. The number of hydrogen-bond acceptors (Lipinski definition) is 4. The Bertz CT molecular complexity index is 1100. The topological polar surface area (TPSA) is 84.1 Å². The first-order valence-electron chi connectivity index (χ1n) is 7.70. The maximum Gasteiger partial charge on any atom is 0.218 e. The van der Waals surface area contributed by atoms with E-state index in [-0.39, 0.29) is 22.5 Å². The molecule has 3 rings (SSSR count). The molecule has 0 unspecified atom stereocenters. The molecule has 0 bridgehead atoms. The Kier molecular flexibility index (Phi) is 5.96. The lowest BCUT2D eigenvalue weighted by Gasteiger charge is -2.15. The normalized spacial score (nSPS) is 18.8. The fraction of sp³-hybridized carbons (Fsp3) is 0.111. The van der Waals surface area contributed by atoms with Gasteiger partial charge in [0.15, 0.2) is 0 Å². The Morgan fingerprint density at radius 1 is 0.483 bits per heavy atom. The number of Topliss-reactive ketones (excluding diaryl/α,β-unsaturated/α-hetero) is 4. The second-order valence-corrected chi connectivity index (χ2v) is 8.34. The molecular formula is C18H7Cl6NO4. The fourth-order valence-electron chi connectivity index (χ4n) is 2.87. The number of carbonyl (C=O) groups excluding carboxylic acids is 4. The molecule has 2 aliphatic rings. The third-order valence-corrected chi connectivity index (χ3v) is 6.89. The monoisotopic (exact) mass is 511 g/mol. The highest BCUT2D eigenvalue weighted by Gasteiger charge is 2.38. The summed E-state index contributed by atoms with van der Waals surface area (Å²) in [6, 6.07) is 0. The molecule has 11 heteroatoms. The van der Waals surface area contributed by atoms with Gasteiger partial charge >= 0.3 is 0 Å². The van der Waals surface area contributed by atoms with Crippen LogP contribution in [0.25, 0.3) is 11.1 Å². The first-order chi connectivity index (χ1) is 13.4. The van der Waals surface area contributed by atoms with E-state index in [0.717, 1.165) is 0 Å². The average molecular weight is 514 g/mol. The molecule has 0 amide bonds. The van der Waals surface area contributed by atoms with Crippen molar-refractivity contribution in [1.29, 1.82) is 0 Å². The van der Waals surface area contributed by atoms with Crippen molar-refractivity contribution < 1.29 is 19.2 Å². The lowest BCUT2D eigenvalue weighted by molar-refractivity contribution is -0.114. The summed E-state index contributed by atoms with van der Waals surface area (Å²) >= 11 is 35.4. The molecule has 1 aromatic rings. The molecule has 1 N–H and O–H groups in total. The molecule has 0 saturated carbocycles. The summed E-state index contributed by atoms with van der Waals surface area (Å²) < 4.78 is 0. The second-order valence-electron chi connectivity index (χ2n) is 6.08. The van der Waals surface area contributed by atoms with Crippen LogP contribution in [0.4, 0.5) is 0 Å². The summed E-state index contributed by atoms with van der Waals surface area (Å²) in [5.41, 5.74) is 0.735. The van der Waals surface area contributed by atoms with E-state index in [1.807, 2.05) is 0 Å². The molecule has 1 heterocycles. The number of allylic oxidation sites excluding steroid dienone is 8. The van der Waals surface area contributed by atoms with Gasteiger partial charge in [0, 0.05) is 0 Å². The number of hydrogen-bond donors (Lipinski definition) is 1. The summed E-state index contributed by atoms with van der Waals surface area (Å²) in [5.74, 6) is -3.19. The molecule has 0 spiro atoms. The molecule has 2 aliphatic carbocycles. The average Bonchev–Trinajstić information content (AvgIpc) is 2.97. The van der Waals surface area contributed by atoms with Crippen molar-refractivity contribution in [3.63, 3.8) is 0 Å². The van der Waals surface area contributed by atoms with Crippen LogP contribution in [0.1, 0.15) is 22.5 Å². The lowest BCUT2D eigenvalue weighted by Crippen LogP contribution is -2.18. The van der Waals surface area contributed by atoms with E-state index in [1.54, 1.807) is 13.8 Å². The summed E-state index contributed by atoms with van der Waals surface area (Å²) in [5, 5.41) is -2.82. The number of aromatic amines is 1. The Labute approximate surface area is 193 Å². The molecule has 0 aliphatic heterocycles. The largest absolute Gasteiger partial charge is 0.354 e. The van der Waals surface area contributed by atoms with E-state index >= 15 is 0 Å². The van der Waals surface area contributed by atoms with Crippen molar-refractivity contribution in [2.75, 3.05) is 0 Å². The van der Waals surface area contributed by atoms with Crippen molar-refractivity contribution >= 4 is 104 Å². The predicted octanol–water partition coefficient (Wildman–Crippen LogP) is 5.21. The van der Waals surface area contributed by atoms with Gasteiger partial charge in [0.2, 0.25) is 23.1 Å². The maximum atomic E-state index is 12.6. The molecule has 0 atom stereocenters. The highest BCUT2D eigenvalue weighted by molar-refractivity contribution is 6.70. The van der Waals surface area contributed by atoms with Crippen molar-refractivity contribution in [2.45, 2.75) is 13.8 Å². The van der Waals surface area contributed by atoms with E-state index in [9.17, 15) is 19.2 Å². The van der Waals surface area contributed by atoms with Gasteiger partial charge in [-0.3, -0.25) is 19.2 Å². The zero-order valence-electron chi connectivity index (χ0n) is 14.4. The van der Waals surface area contributed by atoms with Crippen molar-refractivity contribution in [2.24, 2.45) is 0 Å². The zero-order valence-corrected chi connectivity index (χ0v) is 18.9. The van der Waals surface area contributed by atoms with Crippen LogP contribution in [0.15, 0.2) is 30.2 Å². The first-order valence-corrected chi connectivity index (χ1v) is 9.97. The van der Waals surface area contributed by atoms with Crippen LogP contribution in [0, 0.1) is 13.8 Å². The van der Waals surface area contributed by atoms with Crippen LogP contribution in [0.2, 0.25) is 0 Å². The second kappa shape index (κ2) is 7.73. The van der Waals surface area contributed by atoms with Crippen LogP contribution in [0.5, 0.6) is 0 Å². The minimum Gasteiger partial charge on any atom is -0.354 e. The van der Waals surface area contributed by atoms with Gasteiger partial charge in [-0.2, -0.15) is 0 Å². The van der Waals surface area contributed by atoms with Crippen LogP contribution < -0.4 is 0 Å². The molecule has 150 valence electrons. The van der Waals surface area contributed by atoms with Crippen molar-refractivity contribution in [3.05, 3.63) is 52.7 Å². The van der Waals surface area contributed by atoms with E-state index in [4.69, 9.17) is 69.6 Å². The van der Waals surface area contributed by atoms with E-state index < -0.39 is 53.3 Å². The van der Waals surface area contributed by atoms with Gasteiger partial charge in [-0.25, -0.2) is 0 Å². The molecule has 1 aromatic heterocycles. The highest BCUT2D eigenvalue weighted by Crippen LogP contribution is 2.42.